The van der Waals surface area contributed by atoms with Crippen LogP contribution in [-0.2, 0) is 0 Å². The smallest absolute Gasteiger partial charge is 0.103 e. The molecule has 0 spiro atoms. The molecule has 3 heteroatoms. The standard InChI is InChI=1S/C9H13N3/c1-6(2)7(3)9-8(4-10)5-11-12-9/h5-7H,1-3H3,(H,11,12). The van der Waals surface area contributed by atoms with Gasteiger partial charge in [0, 0.05) is 5.92 Å². The third kappa shape index (κ3) is 1.48. The Morgan fingerprint density at radius 1 is 1.50 bits per heavy atom. The van der Waals surface area contributed by atoms with Gasteiger partial charge in [-0.05, 0) is 5.92 Å². The lowest BCUT2D eigenvalue weighted by molar-refractivity contribution is 0.522. The normalized spacial score (nSPS) is 12.9. The molecule has 0 bridgehead atoms. The molecule has 1 aromatic rings. The van der Waals surface area contributed by atoms with E-state index in [-0.39, 0.29) is 0 Å². The van der Waals surface area contributed by atoms with Crippen LogP contribution >= 0.6 is 0 Å². The van der Waals surface area contributed by atoms with E-state index in [0.717, 1.165) is 5.69 Å². The van der Waals surface area contributed by atoms with Gasteiger partial charge in [-0.2, -0.15) is 10.4 Å². The molecule has 1 unspecified atom stereocenters. The summed E-state index contributed by atoms with van der Waals surface area (Å²) in [7, 11) is 0. The maximum absolute atomic E-state index is 8.73. The fraction of sp³-hybridized carbons (Fsp3) is 0.556. The number of hydrogen-bond donors (Lipinski definition) is 1. The summed E-state index contributed by atoms with van der Waals surface area (Å²) < 4.78 is 0. The van der Waals surface area contributed by atoms with E-state index in [1.807, 2.05) is 0 Å². The van der Waals surface area contributed by atoms with Crippen molar-refractivity contribution in [2.45, 2.75) is 26.7 Å². The molecule has 1 heterocycles. The van der Waals surface area contributed by atoms with E-state index in [9.17, 15) is 0 Å². The van der Waals surface area contributed by atoms with Crippen LogP contribution in [0.2, 0.25) is 0 Å². The number of aromatic nitrogens is 2. The van der Waals surface area contributed by atoms with E-state index in [1.165, 1.54) is 0 Å². The van der Waals surface area contributed by atoms with Gasteiger partial charge in [0.2, 0.25) is 0 Å². The van der Waals surface area contributed by atoms with E-state index >= 15 is 0 Å². The number of H-pyrrole nitrogens is 1. The van der Waals surface area contributed by atoms with Gasteiger partial charge in [-0.3, -0.25) is 5.10 Å². The molecule has 0 saturated heterocycles. The first kappa shape index (κ1) is 8.79. The number of aromatic amines is 1. The highest BCUT2D eigenvalue weighted by molar-refractivity contribution is 5.32. The Balaban J connectivity index is 2.95. The molecular formula is C9H13N3. The summed E-state index contributed by atoms with van der Waals surface area (Å²) in [6.45, 7) is 6.36. The van der Waals surface area contributed by atoms with Gasteiger partial charge in [-0.1, -0.05) is 20.8 Å². The second-order valence-electron chi connectivity index (χ2n) is 3.34. The first-order valence-corrected chi connectivity index (χ1v) is 4.10. The maximum Gasteiger partial charge on any atom is 0.103 e. The molecule has 0 aromatic carbocycles. The van der Waals surface area contributed by atoms with Crippen molar-refractivity contribution < 1.29 is 0 Å². The van der Waals surface area contributed by atoms with Crippen molar-refractivity contribution in [3.8, 4) is 6.07 Å². The number of rotatable bonds is 2. The maximum atomic E-state index is 8.73. The molecule has 0 radical (unpaired) electrons. The summed E-state index contributed by atoms with van der Waals surface area (Å²) in [4.78, 5) is 0. The van der Waals surface area contributed by atoms with Gasteiger partial charge in [0.05, 0.1) is 17.5 Å². The second-order valence-corrected chi connectivity index (χ2v) is 3.34. The van der Waals surface area contributed by atoms with Gasteiger partial charge < -0.3 is 0 Å². The molecule has 1 N–H and O–H groups in total. The van der Waals surface area contributed by atoms with Crippen molar-refractivity contribution in [2.24, 2.45) is 5.92 Å². The highest BCUT2D eigenvalue weighted by Gasteiger charge is 2.15. The molecule has 1 aromatic heterocycles. The molecule has 0 fully saturated rings. The molecule has 0 saturated carbocycles. The molecule has 1 atom stereocenters. The number of hydrogen-bond acceptors (Lipinski definition) is 2. The molecule has 0 aliphatic carbocycles. The third-order valence-corrected chi connectivity index (χ3v) is 2.24. The molecule has 3 nitrogen and oxygen atoms in total. The molecule has 12 heavy (non-hydrogen) atoms. The minimum atomic E-state index is 0.363. The average molecular weight is 163 g/mol. The van der Waals surface area contributed by atoms with Crippen LogP contribution in [0.5, 0.6) is 0 Å². The Morgan fingerprint density at radius 3 is 2.67 bits per heavy atom. The molecular weight excluding hydrogens is 150 g/mol. The Labute approximate surface area is 72.4 Å². The van der Waals surface area contributed by atoms with Gasteiger partial charge in [0.15, 0.2) is 0 Å². The summed E-state index contributed by atoms with van der Waals surface area (Å²) >= 11 is 0. The van der Waals surface area contributed by atoms with E-state index in [1.54, 1.807) is 6.20 Å². The van der Waals surface area contributed by atoms with E-state index in [2.05, 4.69) is 37.0 Å². The molecule has 0 amide bonds. The zero-order valence-electron chi connectivity index (χ0n) is 7.63. The lowest BCUT2D eigenvalue weighted by Gasteiger charge is -2.13. The van der Waals surface area contributed by atoms with Crippen LogP contribution in [0.15, 0.2) is 6.20 Å². The predicted molar refractivity (Wildman–Crippen MR) is 46.6 cm³/mol. The van der Waals surface area contributed by atoms with Gasteiger partial charge in [-0.25, -0.2) is 0 Å². The van der Waals surface area contributed by atoms with Gasteiger partial charge in [0.25, 0.3) is 0 Å². The van der Waals surface area contributed by atoms with Crippen LogP contribution in [0.4, 0.5) is 0 Å². The Kier molecular flexibility index (Phi) is 2.49. The summed E-state index contributed by atoms with van der Waals surface area (Å²) in [6, 6.07) is 2.12. The van der Waals surface area contributed by atoms with Gasteiger partial charge in [-0.15, -0.1) is 0 Å². The zero-order chi connectivity index (χ0) is 9.14. The summed E-state index contributed by atoms with van der Waals surface area (Å²) in [6.07, 6.45) is 1.58. The Bertz CT molecular complexity index is 293. The number of nitriles is 1. The molecule has 0 aliphatic rings. The van der Waals surface area contributed by atoms with Crippen LogP contribution in [0.1, 0.15) is 37.9 Å². The van der Waals surface area contributed by atoms with E-state index in [0.29, 0.717) is 17.4 Å². The molecule has 0 aliphatic heterocycles. The fourth-order valence-corrected chi connectivity index (χ4v) is 1.07. The third-order valence-electron chi connectivity index (χ3n) is 2.24. The molecule has 64 valence electrons. The van der Waals surface area contributed by atoms with Crippen molar-refractivity contribution in [3.05, 3.63) is 17.5 Å². The topological polar surface area (TPSA) is 52.5 Å². The average Bonchev–Trinajstić information content (AvgIpc) is 2.49. The van der Waals surface area contributed by atoms with Crippen molar-refractivity contribution >= 4 is 0 Å². The summed E-state index contributed by atoms with van der Waals surface area (Å²) in [5.41, 5.74) is 1.61. The van der Waals surface area contributed by atoms with E-state index < -0.39 is 0 Å². The largest absolute Gasteiger partial charge is 0.281 e. The van der Waals surface area contributed by atoms with Crippen molar-refractivity contribution in [1.82, 2.24) is 10.2 Å². The van der Waals surface area contributed by atoms with Crippen LogP contribution in [0.25, 0.3) is 0 Å². The summed E-state index contributed by atoms with van der Waals surface area (Å²) in [5.74, 6) is 0.889. The highest BCUT2D eigenvalue weighted by atomic mass is 15.1. The first-order chi connectivity index (χ1) is 5.66. The lowest BCUT2D eigenvalue weighted by Crippen LogP contribution is -2.04. The quantitative estimate of drug-likeness (QED) is 0.725. The summed E-state index contributed by atoms with van der Waals surface area (Å²) in [5, 5.41) is 15.4. The van der Waals surface area contributed by atoms with Gasteiger partial charge >= 0.3 is 0 Å². The lowest BCUT2D eigenvalue weighted by atomic mass is 9.93. The van der Waals surface area contributed by atoms with Crippen LogP contribution in [-0.4, -0.2) is 10.2 Å². The van der Waals surface area contributed by atoms with Crippen molar-refractivity contribution in [2.75, 3.05) is 0 Å². The monoisotopic (exact) mass is 163 g/mol. The highest BCUT2D eigenvalue weighted by Crippen LogP contribution is 2.23. The first-order valence-electron chi connectivity index (χ1n) is 4.10. The van der Waals surface area contributed by atoms with Crippen LogP contribution < -0.4 is 0 Å². The Morgan fingerprint density at radius 2 is 2.17 bits per heavy atom. The Hall–Kier alpha value is -1.30. The zero-order valence-corrected chi connectivity index (χ0v) is 7.63. The predicted octanol–water partition coefficient (Wildman–Crippen LogP) is 2.04. The molecule has 1 rings (SSSR count). The van der Waals surface area contributed by atoms with Crippen LogP contribution in [0.3, 0.4) is 0 Å². The van der Waals surface area contributed by atoms with E-state index in [4.69, 9.17) is 5.26 Å². The van der Waals surface area contributed by atoms with Crippen molar-refractivity contribution in [3.63, 3.8) is 0 Å². The van der Waals surface area contributed by atoms with Gasteiger partial charge in [0.1, 0.15) is 6.07 Å². The van der Waals surface area contributed by atoms with Crippen LogP contribution in [0, 0.1) is 17.2 Å². The van der Waals surface area contributed by atoms with Crippen molar-refractivity contribution in [1.29, 1.82) is 5.26 Å². The SMILES string of the molecule is CC(C)C(C)c1[nH]ncc1C#N. The number of nitrogens with one attached hydrogen (secondary N) is 1. The minimum absolute atomic E-state index is 0.363. The second kappa shape index (κ2) is 3.40. The number of nitrogens with zero attached hydrogens (tertiary/aromatic N) is 2. The fourth-order valence-electron chi connectivity index (χ4n) is 1.07. The minimum Gasteiger partial charge on any atom is -0.281 e.